The van der Waals surface area contributed by atoms with Gasteiger partial charge in [-0.25, -0.2) is 9.18 Å². The zero-order valence-electron chi connectivity index (χ0n) is 10.5. The van der Waals surface area contributed by atoms with Gasteiger partial charge in [-0.05, 0) is 19.4 Å². The molecule has 0 radical (unpaired) electrons. The van der Waals surface area contributed by atoms with E-state index in [1.807, 2.05) is 6.92 Å². The molecule has 6 heteroatoms. The Kier molecular flexibility index (Phi) is 5.51. The Balaban J connectivity index is 2.57. The number of amides is 2. The summed E-state index contributed by atoms with van der Waals surface area (Å²) in [4.78, 5) is 15.2. The van der Waals surface area contributed by atoms with Crippen molar-refractivity contribution in [2.45, 2.75) is 32.4 Å². The molecule has 3 N–H and O–H groups in total. The summed E-state index contributed by atoms with van der Waals surface area (Å²) in [7, 11) is 0. The SMILES string of the molecule is CC[C@H](CO)NC(=O)NC(C)c1ccncc1F. The molecule has 0 saturated carbocycles. The standard InChI is InChI=1S/C12H18FN3O2/c1-3-9(7-17)16-12(18)15-8(2)10-4-5-14-6-11(10)13/h4-6,8-9,17H,3,7H2,1-2H3,(H2,15,16,18)/t8?,9-/m1/s1. The van der Waals surface area contributed by atoms with E-state index < -0.39 is 17.9 Å². The van der Waals surface area contributed by atoms with Gasteiger partial charge >= 0.3 is 6.03 Å². The molecule has 1 aromatic rings. The molecule has 2 amide bonds. The van der Waals surface area contributed by atoms with Crippen molar-refractivity contribution in [3.63, 3.8) is 0 Å². The topological polar surface area (TPSA) is 74.2 Å². The van der Waals surface area contributed by atoms with E-state index in [9.17, 15) is 9.18 Å². The number of aromatic nitrogens is 1. The van der Waals surface area contributed by atoms with Gasteiger partial charge < -0.3 is 15.7 Å². The van der Waals surface area contributed by atoms with E-state index in [-0.39, 0.29) is 12.6 Å². The maximum absolute atomic E-state index is 13.4. The fourth-order valence-corrected chi connectivity index (χ4v) is 1.52. The van der Waals surface area contributed by atoms with E-state index in [0.717, 1.165) is 6.20 Å². The number of urea groups is 1. The molecule has 18 heavy (non-hydrogen) atoms. The van der Waals surface area contributed by atoms with Gasteiger partial charge in [0.05, 0.1) is 24.9 Å². The summed E-state index contributed by atoms with van der Waals surface area (Å²) in [6.07, 6.45) is 3.20. The number of rotatable bonds is 5. The Hall–Kier alpha value is -1.69. The van der Waals surface area contributed by atoms with Crippen molar-refractivity contribution in [1.29, 1.82) is 0 Å². The van der Waals surface area contributed by atoms with Crippen molar-refractivity contribution in [3.05, 3.63) is 29.8 Å². The van der Waals surface area contributed by atoms with Gasteiger partial charge in [-0.3, -0.25) is 4.98 Å². The molecule has 1 rings (SSSR count). The van der Waals surface area contributed by atoms with Crippen molar-refractivity contribution < 1.29 is 14.3 Å². The number of carbonyl (C=O) groups is 1. The molecule has 0 aliphatic rings. The Labute approximate surface area is 105 Å². The summed E-state index contributed by atoms with van der Waals surface area (Å²) in [5.74, 6) is -0.459. The molecule has 0 saturated heterocycles. The Morgan fingerprint density at radius 1 is 1.56 bits per heavy atom. The van der Waals surface area contributed by atoms with Crippen LogP contribution in [0.5, 0.6) is 0 Å². The first-order chi connectivity index (χ1) is 8.58. The first kappa shape index (κ1) is 14.4. The second-order valence-corrected chi connectivity index (χ2v) is 4.02. The predicted octanol–water partition coefficient (Wildman–Crippen LogP) is 1.35. The number of carbonyl (C=O) groups excluding carboxylic acids is 1. The Morgan fingerprint density at radius 2 is 2.28 bits per heavy atom. The highest BCUT2D eigenvalue weighted by molar-refractivity contribution is 5.74. The fourth-order valence-electron chi connectivity index (χ4n) is 1.52. The summed E-state index contributed by atoms with van der Waals surface area (Å²) in [5, 5.41) is 14.2. The molecule has 1 aromatic heterocycles. The maximum Gasteiger partial charge on any atom is 0.315 e. The van der Waals surface area contributed by atoms with E-state index in [1.165, 1.54) is 12.3 Å². The molecule has 1 unspecified atom stereocenters. The lowest BCUT2D eigenvalue weighted by Crippen LogP contribution is -2.44. The second kappa shape index (κ2) is 6.90. The van der Waals surface area contributed by atoms with Gasteiger partial charge in [0.2, 0.25) is 0 Å². The zero-order chi connectivity index (χ0) is 13.5. The number of hydrogen-bond donors (Lipinski definition) is 3. The number of nitrogens with one attached hydrogen (secondary N) is 2. The molecule has 0 aliphatic heterocycles. The highest BCUT2D eigenvalue weighted by Gasteiger charge is 2.15. The van der Waals surface area contributed by atoms with Gasteiger partial charge in [0.1, 0.15) is 5.82 Å². The summed E-state index contributed by atoms with van der Waals surface area (Å²) < 4.78 is 13.4. The van der Waals surface area contributed by atoms with Crippen molar-refractivity contribution in [2.75, 3.05) is 6.61 Å². The van der Waals surface area contributed by atoms with Crippen molar-refractivity contribution >= 4 is 6.03 Å². The van der Waals surface area contributed by atoms with E-state index >= 15 is 0 Å². The Bertz CT molecular complexity index is 397. The molecule has 2 atom stereocenters. The molecule has 100 valence electrons. The summed E-state index contributed by atoms with van der Waals surface area (Å²) >= 11 is 0. The highest BCUT2D eigenvalue weighted by atomic mass is 19.1. The fraction of sp³-hybridized carbons (Fsp3) is 0.500. The lowest BCUT2D eigenvalue weighted by atomic mass is 10.1. The van der Waals surface area contributed by atoms with E-state index in [2.05, 4.69) is 15.6 Å². The summed E-state index contributed by atoms with van der Waals surface area (Å²) in [6, 6.07) is 0.326. The third-order valence-electron chi connectivity index (χ3n) is 2.67. The Morgan fingerprint density at radius 3 is 2.83 bits per heavy atom. The van der Waals surface area contributed by atoms with Crippen LogP contribution in [-0.4, -0.2) is 28.8 Å². The first-order valence-corrected chi connectivity index (χ1v) is 5.85. The minimum absolute atomic E-state index is 0.123. The van der Waals surface area contributed by atoms with Crippen LogP contribution < -0.4 is 10.6 Å². The van der Waals surface area contributed by atoms with Crippen LogP contribution in [0.2, 0.25) is 0 Å². The zero-order valence-corrected chi connectivity index (χ0v) is 10.5. The van der Waals surface area contributed by atoms with Gasteiger partial charge in [0, 0.05) is 11.8 Å². The number of halogens is 1. The van der Waals surface area contributed by atoms with Crippen LogP contribution in [0.15, 0.2) is 18.5 Å². The highest BCUT2D eigenvalue weighted by Crippen LogP contribution is 2.14. The average molecular weight is 255 g/mol. The number of hydrogen-bond acceptors (Lipinski definition) is 3. The van der Waals surface area contributed by atoms with E-state index in [4.69, 9.17) is 5.11 Å². The van der Waals surface area contributed by atoms with Crippen molar-refractivity contribution in [3.8, 4) is 0 Å². The van der Waals surface area contributed by atoms with Crippen LogP contribution in [-0.2, 0) is 0 Å². The minimum atomic E-state index is -0.468. The smallest absolute Gasteiger partial charge is 0.315 e. The molecule has 0 fully saturated rings. The number of aliphatic hydroxyl groups is 1. The van der Waals surface area contributed by atoms with Gasteiger partial charge in [0.25, 0.3) is 0 Å². The second-order valence-electron chi connectivity index (χ2n) is 4.02. The van der Waals surface area contributed by atoms with E-state index in [0.29, 0.717) is 12.0 Å². The molecule has 1 heterocycles. The lowest BCUT2D eigenvalue weighted by molar-refractivity contribution is 0.212. The normalized spacial score (nSPS) is 13.8. The van der Waals surface area contributed by atoms with Crippen LogP contribution >= 0.6 is 0 Å². The molecule has 0 aromatic carbocycles. The molecular formula is C12H18FN3O2. The third kappa shape index (κ3) is 3.96. The van der Waals surface area contributed by atoms with Crippen molar-refractivity contribution in [1.82, 2.24) is 15.6 Å². The van der Waals surface area contributed by atoms with Crippen LogP contribution in [0.25, 0.3) is 0 Å². The van der Waals surface area contributed by atoms with Crippen LogP contribution in [0.1, 0.15) is 31.9 Å². The van der Waals surface area contributed by atoms with Crippen LogP contribution in [0.3, 0.4) is 0 Å². The molecular weight excluding hydrogens is 237 g/mol. The minimum Gasteiger partial charge on any atom is -0.394 e. The largest absolute Gasteiger partial charge is 0.394 e. The quantitative estimate of drug-likeness (QED) is 0.743. The predicted molar refractivity (Wildman–Crippen MR) is 65.4 cm³/mol. The van der Waals surface area contributed by atoms with Gasteiger partial charge in [-0.15, -0.1) is 0 Å². The third-order valence-corrected chi connectivity index (χ3v) is 2.67. The number of nitrogens with zero attached hydrogens (tertiary/aromatic N) is 1. The molecule has 0 spiro atoms. The van der Waals surface area contributed by atoms with E-state index in [1.54, 1.807) is 6.92 Å². The first-order valence-electron chi connectivity index (χ1n) is 5.85. The average Bonchev–Trinajstić information content (AvgIpc) is 2.36. The van der Waals surface area contributed by atoms with Gasteiger partial charge in [0.15, 0.2) is 0 Å². The van der Waals surface area contributed by atoms with Crippen LogP contribution in [0.4, 0.5) is 9.18 Å². The number of pyridine rings is 1. The summed E-state index contributed by atoms with van der Waals surface area (Å²) in [6.45, 7) is 3.41. The maximum atomic E-state index is 13.4. The summed E-state index contributed by atoms with van der Waals surface area (Å²) in [5.41, 5.74) is 0.372. The molecule has 5 nitrogen and oxygen atoms in total. The monoisotopic (exact) mass is 255 g/mol. The van der Waals surface area contributed by atoms with Crippen LogP contribution in [0, 0.1) is 5.82 Å². The van der Waals surface area contributed by atoms with Crippen molar-refractivity contribution in [2.24, 2.45) is 0 Å². The lowest BCUT2D eigenvalue weighted by Gasteiger charge is -2.18. The van der Waals surface area contributed by atoms with Gasteiger partial charge in [-0.2, -0.15) is 0 Å². The van der Waals surface area contributed by atoms with Gasteiger partial charge in [-0.1, -0.05) is 6.92 Å². The molecule has 0 aliphatic carbocycles. The molecule has 0 bridgehead atoms. The number of aliphatic hydroxyl groups excluding tert-OH is 1.